The Morgan fingerprint density at radius 3 is 2.58 bits per heavy atom. The van der Waals surface area contributed by atoms with Crippen molar-refractivity contribution in [3.63, 3.8) is 0 Å². The number of nitrogens with zero attached hydrogens (tertiary/aromatic N) is 2. The van der Waals surface area contributed by atoms with E-state index in [9.17, 15) is 14.0 Å². The summed E-state index contributed by atoms with van der Waals surface area (Å²) in [5.41, 5.74) is 1.53. The van der Waals surface area contributed by atoms with Gasteiger partial charge in [-0.1, -0.05) is 12.1 Å². The summed E-state index contributed by atoms with van der Waals surface area (Å²) in [4.78, 5) is 29.9. The molecule has 0 aliphatic heterocycles. The van der Waals surface area contributed by atoms with Crippen molar-refractivity contribution in [2.24, 2.45) is 0 Å². The molecule has 0 bridgehead atoms. The quantitative estimate of drug-likeness (QED) is 0.780. The van der Waals surface area contributed by atoms with Crippen molar-refractivity contribution < 1.29 is 14.0 Å². The zero-order valence-electron chi connectivity index (χ0n) is 15.1. The number of aryl methyl sites for hydroxylation is 1. The van der Waals surface area contributed by atoms with E-state index in [0.717, 1.165) is 5.69 Å². The first kappa shape index (κ1) is 19.4. The van der Waals surface area contributed by atoms with Gasteiger partial charge in [0.15, 0.2) is 0 Å². The lowest BCUT2D eigenvalue weighted by molar-refractivity contribution is 0.0953. The second-order valence-corrected chi connectivity index (χ2v) is 5.99. The molecule has 0 aliphatic rings. The number of hydrogen-bond donors (Lipinski definition) is 2. The summed E-state index contributed by atoms with van der Waals surface area (Å²) < 4.78 is 13.5. The van der Waals surface area contributed by atoms with Crippen LogP contribution in [0.4, 0.5) is 9.18 Å². The van der Waals surface area contributed by atoms with Crippen LogP contribution in [0.2, 0.25) is 0 Å². The molecule has 1 unspecified atom stereocenters. The van der Waals surface area contributed by atoms with Crippen LogP contribution in [-0.4, -0.2) is 42.0 Å². The number of carbonyl (C=O) groups is 2. The first-order chi connectivity index (χ1) is 12.4. The Kier molecular flexibility index (Phi) is 6.66. The molecule has 1 heterocycles. The molecule has 0 spiro atoms. The van der Waals surface area contributed by atoms with E-state index in [1.54, 1.807) is 37.2 Å². The summed E-state index contributed by atoms with van der Waals surface area (Å²) in [6.45, 7) is 4.02. The molecule has 2 N–H and O–H groups in total. The number of aromatic nitrogens is 1. The van der Waals surface area contributed by atoms with E-state index in [-0.39, 0.29) is 36.6 Å². The topological polar surface area (TPSA) is 74.3 Å². The van der Waals surface area contributed by atoms with Gasteiger partial charge in [0.1, 0.15) is 5.82 Å². The van der Waals surface area contributed by atoms with E-state index < -0.39 is 5.82 Å². The zero-order chi connectivity index (χ0) is 19.1. The van der Waals surface area contributed by atoms with Crippen molar-refractivity contribution in [2.45, 2.75) is 19.9 Å². The van der Waals surface area contributed by atoms with Gasteiger partial charge in [0.05, 0.1) is 11.7 Å². The number of nitrogens with one attached hydrogen (secondary N) is 2. The van der Waals surface area contributed by atoms with Gasteiger partial charge in [-0.15, -0.1) is 0 Å². The van der Waals surface area contributed by atoms with Crippen molar-refractivity contribution in [1.29, 1.82) is 0 Å². The molecule has 138 valence electrons. The number of carbonyl (C=O) groups excluding carboxylic acids is 2. The Morgan fingerprint density at radius 1 is 1.19 bits per heavy atom. The Bertz CT molecular complexity index is 767. The van der Waals surface area contributed by atoms with Crippen LogP contribution < -0.4 is 10.6 Å². The maximum Gasteiger partial charge on any atom is 0.317 e. The smallest absolute Gasteiger partial charge is 0.317 e. The molecular formula is C19H23FN4O2. The number of pyridine rings is 1. The van der Waals surface area contributed by atoms with Gasteiger partial charge in [0, 0.05) is 31.9 Å². The fraction of sp³-hybridized carbons (Fsp3) is 0.316. The molecule has 2 rings (SSSR count). The van der Waals surface area contributed by atoms with E-state index in [0.29, 0.717) is 5.56 Å². The van der Waals surface area contributed by atoms with Crippen LogP contribution >= 0.6 is 0 Å². The highest BCUT2D eigenvalue weighted by molar-refractivity contribution is 5.94. The standard InChI is InChI=1S/C19H23FN4O2/c1-13-7-8-15(12-16(13)20)18(25)22-10-11-23-19(26)24(3)14(2)17-6-4-5-9-21-17/h4-9,12,14H,10-11H2,1-3H3,(H,22,25)(H,23,26). The summed E-state index contributed by atoms with van der Waals surface area (Å²) in [6, 6.07) is 9.42. The molecule has 0 aliphatic carbocycles. The summed E-state index contributed by atoms with van der Waals surface area (Å²) in [5, 5.41) is 5.38. The van der Waals surface area contributed by atoms with E-state index in [4.69, 9.17) is 0 Å². The van der Waals surface area contributed by atoms with E-state index >= 15 is 0 Å². The number of halogens is 1. The monoisotopic (exact) mass is 358 g/mol. The van der Waals surface area contributed by atoms with Gasteiger partial charge in [0.2, 0.25) is 0 Å². The van der Waals surface area contributed by atoms with Crippen molar-refractivity contribution in [3.8, 4) is 0 Å². The first-order valence-electron chi connectivity index (χ1n) is 8.36. The molecule has 6 nitrogen and oxygen atoms in total. The third-order valence-corrected chi connectivity index (χ3v) is 4.14. The van der Waals surface area contributed by atoms with Crippen LogP contribution in [0.15, 0.2) is 42.6 Å². The van der Waals surface area contributed by atoms with Crippen LogP contribution in [0.3, 0.4) is 0 Å². The molecule has 3 amide bonds. The van der Waals surface area contributed by atoms with Crippen molar-refractivity contribution in [2.75, 3.05) is 20.1 Å². The minimum Gasteiger partial charge on any atom is -0.350 e. The number of urea groups is 1. The lowest BCUT2D eigenvalue weighted by Gasteiger charge is -2.24. The second-order valence-electron chi connectivity index (χ2n) is 5.99. The lowest BCUT2D eigenvalue weighted by atomic mass is 10.1. The van der Waals surface area contributed by atoms with Crippen molar-refractivity contribution in [3.05, 3.63) is 65.2 Å². The van der Waals surface area contributed by atoms with Gasteiger partial charge in [-0.3, -0.25) is 9.78 Å². The van der Waals surface area contributed by atoms with Crippen molar-refractivity contribution in [1.82, 2.24) is 20.5 Å². The normalized spacial score (nSPS) is 11.5. The average molecular weight is 358 g/mol. The van der Waals surface area contributed by atoms with Crippen LogP contribution in [0.25, 0.3) is 0 Å². The zero-order valence-corrected chi connectivity index (χ0v) is 15.1. The molecule has 0 fully saturated rings. The Hall–Kier alpha value is -2.96. The first-order valence-corrected chi connectivity index (χ1v) is 8.36. The number of benzene rings is 1. The maximum absolute atomic E-state index is 13.5. The van der Waals surface area contributed by atoms with E-state index in [1.807, 2.05) is 25.1 Å². The van der Waals surface area contributed by atoms with E-state index in [1.165, 1.54) is 6.07 Å². The highest BCUT2D eigenvalue weighted by Crippen LogP contribution is 2.15. The lowest BCUT2D eigenvalue weighted by Crippen LogP contribution is -2.42. The molecule has 0 saturated carbocycles. The molecule has 1 atom stereocenters. The Labute approximate surface area is 152 Å². The predicted molar refractivity (Wildman–Crippen MR) is 97.3 cm³/mol. The molecule has 26 heavy (non-hydrogen) atoms. The largest absolute Gasteiger partial charge is 0.350 e. The number of hydrogen-bond acceptors (Lipinski definition) is 3. The van der Waals surface area contributed by atoms with Gasteiger partial charge < -0.3 is 15.5 Å². The average Bonchev–Trinajstić information content (AvgIpc) is 2.66. The van der Waals surface area contributed by atoms with Gasteiger partial charge in [-0.25, -0.2) is 9.18 Å². The van der Waals surface area contributed by atoms with Crippen LogP contribution in [0.1, 0.15) is 34.6 Å². The third-order valence-electron chi connectivity index (χ3n) is 4.14. The van der Waals surface area contributed by atoms with Crippen LogP contribution in [0, 0.1) is 12.7 Å². The fourth-order valence-electron chi connectivity index (χ4n) is 2.30. The SMILES string of the molecule is Cc1ccc(C(=O)NCCNC(=O)N(C)C(C)c2ccccn2)cc1F. The summed E-state index contributed by atoms with van der Waals surface area (Å²) in [6.07, 6.45) is 1.68. The number of rotatable bonds is 6. The maximum atomic E-state index is 13.5. The molecule has 1 aromatic carbocycles. The van der Waals surface area contributed by atoms with Gasteiger partial charge in [-0.2, -0.15) is 0 Å². The highest BCUT2D eigenvalue weighted by Gasteiger charge is 2.17. The molecule has 1 aromatic heterocycles. The fourth-order valence-corrected chi connectivity index (χ4v) is 2.30. The second kappa shape index (κ2) is 8.94. The van der Waals surface area contributed by atoms with Crippen LogP contribution in [0.5, 0.6) is 0 Å². The minimum atomic E-state index is -0.420. The third kappa shape index (κ3) is 5.02. The summed E-state index contributed by atoms with van der Waals surface area (Å²) >= 11 is 0. The summed E-state index contributed by atoms with van der Waals surface area (Å²) in [7, 11) is 1.68. The molecule has 0 radical (unpaired) electrons. The highest BCUT2D eigenvalue weighted by atomic mass is 19.1. The molecule has 2 aromatic rings. The van der Waals surface area contributed by atoms with Gasteiger partial charge >= 0.3 is 6.03 Å². The van der Waals surface area contributed by atoms with Gasteiger partial charge in [-0.05, 0) is 43.7 Å². The van der Waals surface area contributed by atoms with Crippen LogP contribution in [-0.2, 0) is 0 Å². The molecular weight excluding hydrogens is 335 g/mol. The Morgan fingerprint density at radius 2 is 1.92 bits per heavy atom. The van der Waals surface area contributed by atoms with Crippen molar-refractivity contribution >= 4 is 11.9 Å². The minimum absolute atomic E-state index is 0.179. The van der Waals surface area contributed by atoms with E-state index in [2.05, 4.69) is 15.6 Å². The molecule has 0 saturated heterocycles. The predicted octanol–water partition coefficient (Wildman–Crippen LogP) is 2.66. The number of amides is 3. The van der Waals surface area contributed by atoms with Gasteiger partial charge in [0.25, 0.3) is 5.91 Å². The molecule has 7 heteroatoms. The summed E-state index contributed by atoms with van der Waals surface area (Å²) in [5.74, 6) is -0.801. The Balaban J connectivity index is 1.77.